The quantitative estimate of drug-likeness (QED) is 0.593. The Morgan fingerprint density at radius 3 is 2.15 bits per heavy atom. The number of benzene rings is 1. The van der Waals surface area contributed by atoms with Gasteiger partial charge in [-0.05, 0) is 52.3 Å². The maximum absolute atomic E-state index is 12.8. The van der Waals surface area contributed by atoms with Crippen LogP contribution in [-0.2, 0) is 17.5 Å². The Hall–Kier alpha value is -1.01. The molecule has 0 aliphatic carbocycles. The average Bonchev–Trinajstić information content (AvgIpc) is 2.25. The van der Waals surface area contributed by atoms with Gasteiger partial charge in [-0.1, -0.05) is 10.5 Å². The zero-order valence-electron chi connectivity index (χ0n) is 12.1. The van der Waals surface area contributed by atoms with Crippen LogP contribution in [0.1, 0.15) is 44.4 Å². The Morgan fingerprint density at radius 1 is 1.15 bits per heavy atom. The van der Waals surface area contributed by atoms with Gasteiger partial charge in [-0.3, -0.25) is 0 Å². The van der Waals surface area contributed by atoms with Crippen LogP contribution in [0.4, 0.5) is 13.2 Å². The minimum Gasteiger partial charge on any atom is -0.591 e. The van der Waals surface area contributed by atoms with Gasteiger partial charge in [-0.2, -0.15) is 13.2 Å². The molecule has 0 spiro atoms. The standard InChI is InChI=1S/C14H18F3NOS/c1-9-6-11(8-12(7-9)14(15,16)17)10(2)18-20(19)13(3,4)5/h6-8H,1-5H3/b18-10+/t20-/m1/s1. The third-order valence-electron chi connectivity index (χ3n) is 2.57. The van der Waals surface area contributed by atoms with Gasteiger partial charge >= 0.3 is 6.18 Å². The van der Waals surface area contributed by atoms with Crippen molar-refractivity contribution in [2.75, 3.05) is 0 Å². The van der Waals surface area contributed by atoms with E-state index in [0.29, 0.717) is 16.8 Å². The van der Waals surface area contributed by atoms with Crippen LogP contribution in [0.2, 0.25) is 0 Å². The molecule has 1 aromatic carbocycles. The van der Waals surface area contributed by atoms with E-state index in [0.717, 1.165) is 12.1 Å². The number of alkyl halides is 3. The highest BCUT2D eigenvalue weighted by molar-refractivity contribution is 7.91. The van der Waals surface area contributed by atoms with Crippen molar-refractivity contribution in [3.8, 4) is 0 Å². The molecule has 0 amide bonds. The second-order valence-electron chi connectivity index (χ2n) is 5.62. The van der Waals surface area contributed by atoms with E-state index in [1.165, 1.54) is 0 Å². The zero-order chi connectivity index (χ0) is 15.7. The van der Waals surface area contributed by atoms with E-state index in [4.69, 9.17) is 0 Å². The van der Waals surface area contributed by atoms with Crippen LogP contribution < -0.4 is 0 Å². The van der Waals surface area contributed by atoms with Crippen LogP contribution >= 0.6 is 0 Å². The van der Waals surface area contributed by atoms with Gasteiger partial charge in [-0.25, -0.2) is 0 Å². The van der Waals surface area contributed by atoms with Crippen molar-refractivity contribution in [2.24, 2.45) is 4.40 Å². The van der Waals surface area contributed by atoms with Gasteiger partial charge in [0.15, 0.2) is 0 Å². The van der Waals surface area contributed by atoms with Crippen LogP contribution in [0.3, 0.4) is 0 Å². The van der Waals surface area contributed by atoms with E-state index < -0.39 is 27.8 Å². The lowest BCUT2D eigenvalue weighted by molar-refractivity contribution is -0.137. The fraction of sp³-hybridized carbons (Fsp3) is 0.500. The van der Waals surface area contributed by atoms with Crippen LogP contribution in [0.5, 0.6) is 0 Å². The van der Waals surface area contributed by atoms with Crippen molar-refractivity contribution in [3.05, 3.63) is 34.9 Å². The summed E-state index contributed by atoms with van der Waals surface area (Å²) in [7, 11) is 0. The Morgan fingerprint density at radius 2 is 1.70 bits per heavy atom. The summed E-state index contributed by atoms with van der Waals surface area (Å²) >= 11 is -1.50. The second-order valence-corrected chi connectivity index (χ2v) is 7.53. The number of hydrogen-bond donors (Lipinski definition) is 0. The molecular formula is C14H18F3NOS. The first kappa shape index (κ1) is 17.0. The molecule has 112 valence electrons. The van der Waals surface area contributed by atoms with Crippen molar-refractivity contribution in [2.45, 2.75) is 45.5 Å². The first-order valence-corrected chi connectivity index (χ1v) is 7.18. The Kier molecular flexibility index (Phi) is 4.92. The Balaban J connectivity index is 3.20. The third-order valence-corrected chi connectivity index (χ3v) is 4.05. The molecule has 0 heterocycles. The van der Waals surface area contributed by atoms with Crippen LogP contribution in [0.25, 0.3) is 0 Å². The molecule has 0 saturated heterocycles. The first-order chi connectivity index (χ1) is 8.91. The van der Waals surface area contributed by atoms with Gasteiger partial charge in [-0.15, -0.1) is 0 Å². The topological polar surface area (TPSA) is 35.4 Å². The van der Waals surface area contributed by atoms with Gasteiger partial charge in [0.05, 0.1) is 11.3 Å². The second kappa shape index (κ2) is 5.77. The third kappa shape index (κ3) is 4.52. The van der Waals surface area contributed by atoms with Gasteiger partial charge in [0.2, 0.25) is 0 Å². The molecule has 6 heteroatoms. The summed E-state index contributed by atoms with van der Waals surface area (Å²) in [4.78, 5) is 0. The van der Waals surface area contributed by atoms with E-state index in [2.05, 4.69) is 4.40 Å². The molecule has 2 nitrogen and oxygen atoms in total. The fourth-order valence-corrected chi connectivity index (χ4v) is 2.10. The molecule has 0 fully saturated rings. The van der Waals surface area contributed by atoms with Crippen LogP contribution in [0.15, 0.2) is 22.6 Å². The predicted octanol–water partition coefficient (Wildman–Crippen LogP) is 4.29. The number of halogens is 3. The number of aryl methyl sites for hydroxylation is 1. The molecule has 0 radical (unpaired) electrons. The summed E-state index contributed by atoms with van der Waals surface area (Å²) in [5.74, 6) is 0. The molecule has 1 rings (SSSR count). The van der Waals surface area contributed by atoms with Gasteiger partial charge in [0, 0.05) is 5.56 Å². The lowest BCUT2D eigenvalue weighted by atomic mass is 10.0. The maximum Gasteiger partial charge on any atom is 0.416 e. The van der Waals surface area contributed by atoms with Crippen molar-refractivity contribution >= 4 is 17.1 Å². The van der Waals surface area contributed by atoms with E-state index in [-0.39, 0.29) is 0 Å². The molecule has 0 saturated carbocycles. The number of hydrogen-bond acceptors (Lipinski definition) is 2. The predicted molar refractivity (Wildman–Crippen MR) is 76.3 cm³/mol. The lowest BCUT2D eigenvalue weighted by Crippen LogP contribution is -2.26. The summed E-state index contributed by atoms with van der Waals surface area (Å²) in [5, 5.41) is 0. The highest BCUT2D eigenvalue weighted by Gasteiger charge is 2.31. The normalized spacial score (nSPS) is 15.3. The number of rotatable bonds is 2. The van der Waals surface area contributed by atoms with E-state index in [1.807, 2.05) is 0 Å². The molecule has 0 N–H and O–H groups in total. The molecule has 1 aromatic rings. The Bertz CT molecular complexity index is 518. The van der Waals surface area contributed by atoms with Crippen molar-refractivity contribution < 1.29 is 17.7 Å². The molecule has 0 unspecified atom stereocenters. The maximum atomic E-state index is 12.8. The molecule has 1 atom stereocenters. The smallest absolute Gasteiger partial charge is 0.416 e. The highest BCUT2D eigenvalue weighted by atomic mass is 32.2. The monoisotopic (exact) mass is 305 g/mol. The van der Waals surface area contributed by atoms with Gasteiger partial charge in [0.1, 0.15) is 16.1 Å². The molecular weight excluding hydrogens is 287 g/mol. The molecule has 20 heavy (non-hydrogen) atoms. The van der Waals surface area contributed by atoms with Gasteiger partial charge in [0.25, 0.3) is 0 Å². The fourth-order valence-electron chi connectivity index (χ4n) is 1.47. The lowest BCUT2D eigenvalue weighted by Gasteiger charge is -2.19. The van der Waals surface area contributed by atoms with Crippen molar-refractivity contribution in [1.29, 1.82) is 0 Å². The van der Waals surface area contributed by atoms with Crippen molar-refractivity contribution in [3.63, 3.8) is 0 Å². The number of nitrogens with zero attached hydrogens (tertiary/aromatic N) is 1. The molecule has 0 aliphatic rings. The zero-order valence-corrected chi connectivity index (χ0v) is 12.9. The highest BCUT2D eigenvalue weighted by Crippen LogP contribution is 2.31. The molecule has 0 bridgehead atoms. The van der Waals surface area contributed by atoms with Crippen LogP contribution in [0, 0.1) is 6.92 Å². The molecule has 0 aromatic heterocycles. The van der Waals surface area contributed by atoms with E-state index >= 15 is 0 Å². The summed E-state index contributed by atoms with van der Waals surface area (Å²) in [6.07, 6.45) is -4.40. The van der Waals surface area contributed by atoms with E-state index in [9.17, 15) is 17.7 Å². The minimum atomic E-state index is -4.40. The SMILES string of the molecule is C/C(=N\[S@+]([O-])C(C)(C)C)c1cc(C)cc(C(F)(F)F)c1. The first-order valence-electron chi connectivity index (χ1n) is 6.08. The van der Waals surface area contributed by atoms with Crippen molar-refractivity contribution in [1.82, 2.24) is 0 Å². The van der Waals surface area contributed by atoms with Crippen LogP contribution in [-0.4, -0.2) is 15.0 Å². The molecule has 0 aliphatic heterocycles. The average molecular weight is 305 g/mol. The summed E-state index contributed by atoms with van der Waals surface area (Å²) in [6.45, 7) is 8.44. The minimum absolute atomic E-state index is 0.340. The van der Waals surface area contributed by atoms with E-state index in [1.54, 1.807) is 40.7 Å². The largest absolute Gasteiger partial charge is 0.591 e. The summed E-state index contributed by atoms with van der Waals surface area (Å²) in [5.41, 5.74) is 0.455. The Labute approximate surface area is 120 Å². The summed E-state index contributed by atoms with van der Waals surface area (Å²) in [6, 6.07) is 3.72. The van der Waals surface area contributed by atoms with Gasteiger partial charge < -0.3 is 4.55 Å². The summed E-state index contributed by atoms with van der Waals surface area (Å²) < 4.78 is 53.7.